The molecule has 2 rings (SSSR count). The summed E-state index contributed by atoms with van der Waals surface area (Å²) >= 11 is 3.39. The van der Waals surface area contributed by atoms with Crippen LogP contribution in [0.3, 0.4) is 0 Å². The molecule has 0 bridgehead atoms. The minimum absolute atomic E-state index is 0.239. The van der Waals surface area contributed by atoms with Gasteiger partial charge in [0, 0.05) is 48.7 Å². The van der Waals surface area contributed by atoms with Crippen LogP contribution in [0.2, 0.25) is 0 Å². The summed E-state index contributed by atoms with van der Waals surface area (Å²) in [6.45, 7) is 9.73. The molecule has 1 atom stereocenters. The number of ketones is 1. The molecule has 0 aromatic heterocycles. The number of Topliss-reactive ketones (excluding diaryl/α,β-unsaturated/α-hetero) is 1. The highest BCUT2D eigenvalue weighted by Crippen LogP contribution is 2.13. The number of rotatable bonds is 5. The van der Waals surface area contributed by atoms with Crippen molar-refractivity contribution < 1.29 is 4.79 Å². The molecular weight excluding hydrogens is 316 g/mol. The molecule has 0 radical (unpaired) electrons. The van der Waals surface area contributed by atoms with Gasteiger partial charge in [0.2, 0.25) is 0 Å². The third kappa shape index (κ3) is 4.14. The Morgan fingerprint density at radius 1 is 1.30 bits per heavy atom. The lowest BCUT2D eigenvalue weighted by Crippen LogP contribution is -2.51. The van der Waals surface area contributed by atoms with Crippen molar-refractivity contribution in [3.63, 3.8) is 0 Å². The van der Waals surface area contributed by atoms with E-state index in [4.69, 9.17) is 0 Å². The molecule has 20 heavy (non-hydrogen) atoms. The molecule has 1 saturated heterocycles. The molecule has 0 aliphatic carbocycles. The van der Waals surface area contributed by atoms with E-state index in [2.05, 4.69) is 39.6 Å². The fraction of sp³-hybridized carbons (Fsp3) is 0.562. The number of hydrogen-bond acceptors (Lipinski definition) is 3. The minimum Gasteiger partial charge on any atom is -0.300 e. The lowest BCUT2D eigenvalue weighted by molar-refractivity contribution is 0.0796. The van der Waals surface area contributed by atoms with Gasteiger partial charge in [0.05, 0.1) is 0 Å². The third-order valence-electron chi connectivity index (χ3n) is 4.08. The Morgan fingerprint density at radius 3 is 2.60 bits per heavy atom. The molecule has 1 aromatic carbocycles. The van der Waals surface area contributed by atoms with Crippen LogP contribution in [-0.2, 0) is 0 Å². The van der Waals surface area contributed by atoms with E-state index in [9.17, 15) is 4.79 Å². The lowest BCUT2D eigenvalue weighted by Gasteiger charge is -2.39. The third-order valence-corrected chi connectivity index (χ3v) is 4.61. The second-order valence-corrected chi connectivity index (χ2v) is 6.37. The van der Waals surface area contributed by atoms with Crippen LogP contribution in [0.1, 0.15) is 30.6 Å². The zero-order chi connectivity index (χ0) is 14.5. The van der Waals surface area contributed by atoms with Crippen molar-refractivity contribution in [2.24, 2.45) is 0 Å². The average Bonchev–Trinajstić information content (AvgIpc) is 2.45. The molecule has 110 valence electrons. The lowest BCUT2D eigenvalue weighted by atomic mass is 10.1. The van der Waals surface area contributed by atoms with Gasteiger partial charge >= 0.3 is 0 Å². The summed E-state index contributed by atoms with van der Waals surface area (Å²) in [6, 6.07) is 8.23. The first kappa shape index (κ1) is 15.7. The monoisotopic (exact) mass is 338 g/mol. The average molecular weight is 339 g/mol. The zero-order valence-corrected chi connectivity index (χ0v) is 13.9. The van der Waals surface area contributed by atoms with Crippen LogP contribution in [0.25, 0.3) is 0 Å². The van der Waals surface area contributed by atoms with Gasteiger partial charge < -0.3 is 4.90 Å². The molecule has 1 aliphatic heterocycles. The maximum Gasteiger partial charge on any atom is 0.164 e. The maximum atomic E-state index is 12.1. The Morgan fingerprint density at radius 2 is 2.00 bits per heavy atom. The second-order valence-electron chi connectivity index (χ2n) is 5.46. The summed E-state index contributed by atoms with van der Waals surface area (Å²) in [5.74, 6) is 0.239. The fourth-order valence-electron chi connectivity index (χ4n) is 2.78. The summed E-state index contributed by atoms with van der Waals surface area (Å²) in [7, 11) is 0. The van der Waals surface area contributed by atoms with Crippen molar-refractivity contribution in [3.05, 3.63) is 34.3 Å². The zero-order valence-electron chi connectivity index (χ0n) is 12.3. The van der Waals surface area contributed by atoms with Gasteiger partial charge in [-0.25, -0.2) is 0 Å². The van der Waals surface area contributed by atoms with Gasteiger partial charge in [-0.05, 0) is 25.6 Å². The number of likely N-dealkylation sites (N-methyl/N-ethyl adjacent to an activating group) is 1. The van der Waals surface area contributed by atoms with E-state index in [1.807, 2.05) is 24.3 Å². The molecule has 1 aliphatic rings. The summed E-state index contributed by atoms with van der Waals surface area (Å²) < 4.78 is 1.01. The van der Waals surface area contributed by atoms with Crippen molar-refractivity contribution >= 4 is 21.7 Å². The smallest absolute Gasteiger partial charge is 0.164 e. The van der Waals surface area contributed by atoms with Crippen molar-refractivity contribution in [1.82, 2.24) is 9.80 Å². The number of nitrogens with zero attached hydrogens (tertiary/aromatic N) is 2. The Balaban J connectivity index is 1.81. The van der Waals surface area contributed by atoms with Gasteiger partial charge in [0.15, 0.2) is 5.78 Å². The minimum atomic E-state index is 0.239. The highest BCUT2D eigenvalue weighted by Gasteiger charge is 2.22. The molecular formula is C16H23BrN2O. The first-order chi connectivity index (χ1) is 9.60. The molecule has 1 aromatic rings. The normalized spacial score (nSPS) is 21.1. The van der Waals surface area contributed by atoms with E-state index in [1.54, 1.807) is 0 Å². The van der Waals surface area contributed by atoms with Crippen molar-refractivity contribution in [2.75, 3.05) is 32.7 Å². The first-order valence-corrected chi connectivity index (χ1v) is 8.14. The van der Waals surface area contributed by atoms with Gasteiger partial charge in [0.1, 0.15) is 0 Å². The Bertz CT molecular complexity index is 446. The van der Waals surface area contributed by atoms with Crippen LogP contribution >= 0.6 is 15.9 Å². The van der Waals surface area contributed by atoms with Gasteiger partial charge in [-0.2, -0.15) is 0 Å². The molecule has 1 unspecified atom stereocenters. The molecule has 1 heterocycles. The Hall–Kier alpha value is -0.710. The molecule has 0 saturated carbocycles. The summed E-state index contributed by atoms with van der Waals surface area (Å²) in [6.07, 6.45) is 0.612. The van der Waals surface area contributed by atoms with E-state index in [0.717, 1.165) is 42.8 Å². The van der Waals surface area contributed by atoms with Gasteiger partial charge in [-0.1, -0.05) is 35.0 Å². The largest absolute Gasteiger partial charge is 0.300 e. The molecule has 1 fully saturated rings. The number of piperazine rings is 1. The summed E-state index contributed by atoms with van der Waals surface area (Å²) in [4.78, 5) is 17.1. The van der Waals surface area contributed by atoms with Gasteiger partial charge in [-0.15, -0.1) is 0 Å². The highest BCUT2D eigenvalue weighted by molar-refractivity contribution is 9.10. The molecule has 0 spiro atoms. The Labute approximate surface area is 130 Å². The van der Waals surface area contributed by atoms with Gasteiger partial charge in [0.25, 0.3) is 0 Å². The van der Waals surface area contributed by atoms with E-state index >= 15 is 0 Å². The standard InChI is InChI=1S/C16H23BrN2O/c1-3-19-11-10-18(12-13(19)2)9-8-16(20)14-4-6-15(17)7-5-14/h4-7,13H,3,8-12H2,1-2H3. The molecule has 3 nitrogen and oxygen atoms in total. The number of hydrogen-bond donors (Lipinski definition) is 0. The topological polar surface area (TPSA) is 23.6 Å². The summed E-state index contributed by atoms with van der Waals surface area (Å²) in [5, 5.41) is 0. The van der Waals surface area contributed by atoms with Crippen molar-refractivity contribution in [1.29, 1.82) is 0 Å². The number of carbonyl (C=O) groups excluding carboxylic acids is 1. The van der Waals surface area contributed by atoms with E-state index in [1.165, 1.54) is 0 Å². The van der Waals surface area contributed by atoms with Crippen LogP contribution in [0.5, 0.6) is 0 Å². The quantitative estimate of drug-likeness (QED) is 0.771. The number of halogens is 1. The van der Waals surface area contributed by atoms with E-state index < -0.39 is 0 Å². The highest BCUT2D eigenvalue weighted by atomic mass is 79.9. The number of benzene rings is 1. The molecule has 4 heteroatoms. The van der Waals surface area contributed by atoms with E-state index in [-0.39, 0.29) is 5.78 Å². The van der Waals surface area contributed by atoms with Crippen LogP contribution in [0, 0.1) is 0 Å². The van der Waals surface area contributed by atoms with Crippen molar-refractivity contribution in [3.8, 4) is 0 Å². The van der Waals surface area contributed by atoms with Crippen LogP contribution in [0.4, 0.5) is 0 Å². The van der Waals surface area contributed by atoms with Crippen molar-refractivity contribution in [2.45, 2.75) is 26.3 Å². The first-order valence-electron chi connectivity index (χ1n) is 7.35. The van der Waals surface area contributed by atoms with Crippen LogP contribution in [-0.4, -0.2) is 54.3 Å². The summed E-state index contributed by atoms with van der Waals surface area (Å²) in [5.41, 5.74) is 0.813. The van der Waals surface area contributed by atoms with Gasteiger partial charge in [-0.3, -0.25) is 9.69 Å². The maximum absolute atomic E-state index is 12.1. The predicted octanol–water partition coefficient (Wildman–Crippen LogP) is 3.05. The molecule has 0 amide bonds. The fourth-order valence-corrected chi connectivity index (χ4v) is 3.05. The predicted molar refractivity (Wildman–Crippen MR) is 86.2 cm³/mol. The SMILES string of the molecule is CCN1CCN(CCC(=O)c2ccc(Br)cc2)CC1C. The second kappa shape index (κ2) is 7.34. The van der Waals surface area contributed by atoms with Crippen LogP contribution in [0.15, 0.2) is 28.7 Å². The number of carbonyl (C=O) groups is 1. The molecule has 0 N–H and O–H groups in total. The van der Waals surface area contributed by atoms with E-state index in [0.29, 0.717) is 12.5 Å². The Kier molecular flexibility index (Phi) is 5.75. The van der Waals surface area contributed by atoms with Crippen LogP contribution < -0.4 is 0 Å².